The average molecular weight is 261 g/mol. The summed E-state index contributed by atoms with van der Waals surface area (Å²) < 4.78 is 5.29. The molecule has 1 fully saturated rings. The van der Waals surface area contributed by atoms with E-state index in [1.165, 1.54) is 36.9 Å². The zero-order chi connectivity index (χ0) is 13.2. The number of phenolic OH excluding ortho intramolecular Hbond substituents is 1. The third-order valence-corrected chi connectivity index (χ3v) is 4.57. The summed E-state index contributed by atoms with van der Waals surface area (Å²) in [6, 6.07) is 6.45. The third kappa shape index (κ3) is 2.63. The molecule has 3 nitrogen and oxygen atoms in total. The Bertz CT molecular complexity index is 446. The monoisotopic (exact) mass is 261 g/mol. The maximum atomic E-state index is 9.62. The highest BCUT2D eigenvalue weighted by atomic mass is 16.5. The van der Waals surface area contributed by atoms with Gasteiger partial charge in [0.15, 0.2) is 0 Å². The molecule has 0 spiro atoms. The van der Waals surface area contributed by atoms with Gasteiger partial charge < -0.3 is 9.84 Å². The lowest BCUT2D eigenvalue weighted by Gasteiger charge is -2.33. The van der Waals surface area contributed by atoms with Gasteiger partial charge in [-0.15, -0.1) is 0 Å². The van der Waals surface area contributed by atoms with Crippen molar-refractivity contribution in [2.24, 2.45) is 5.92 Å². The van der Waals surface area contributed by atoms with E-state index < -0.39 is 0 Å². The number of likely N-dealkylation sites (tertiary alicyclic amines) is 1. The number of ether oxygens (including phenoxy) is 1. The maximum Gasteiger partial charge on any atom is 0.115 e. The summed E-state index contributed by atoms with van der Waals surface area (Å²) in [5.74, 6) is 1.09. The number of methoxy groups -OCH3 is 1. The number of hydrogen-bond acceptors (Lipinski definition) is 3. The predicted molar refractivity (Wildman–Crippen MR) is 75.3 cm³/mol. The molecule has 1 aromatic rings. The van der Waals surface area contributed by atoms with Gasteiger partial charge in [0.05, 0.1) is 6.61 Å². The first-order chi connectivity index (χ1) is 9.28. The molecular weight excluding hydrogens is 238 g/mol. The Labute approximate surface area is 115 Å². The minimum atomic E-state index is 0.401. The van der Waals surface area contributed by atoms with Gasteiger partial charge in [-0.3, -0.25) is 4.90 Å². The second-order valence-corrected chi connectivity index (χ2v) is 5.90. The predicted octanol–water partition coefficient (Wildman–Crippen LogP) is 2.74. The van der Waals surface area contributed by atoms with E-state index in [-0.39, 0.29) is 0 Å². The molecule has 19 heavy (non-hydrogen) atoms. The third-order valence-electron chi connectivity index (χ3n) is 4.57. The molecule has 0 aromatic heterocycles. The first-order valence-electron chi connectivity index (χ1n) is 7.32. The summed E-state index contributed by atoms with van der Waals surface area (Å²) in [6.07, 6.45) is 4.83. The van der Waals surface area contributed by atoms with Crippen LogP contribution >= 0.6 is 0 Å². The van der Waals surface area contributed by atoms with Gasteiger partial charge in [0.1, 0.15) is 5.75 Å². The van der Waals surface area contributed by atoms with Gasteiger partial charge in [0.2, 0.25) is 0 Å². The maximum absolute atomic E-state index is 9.62. The van der Waals surface area contributed by atoms with Crippen molar-refractivity contribution in [2.75, 3.05) is 26.8 Å². The summed E-state index contributed by atoms with van der Waals surface area (Å²) in [6.45, 7) is 3.21. The molecule has 2 unspecified atom stereocenters. The van der Waals surface area contributed by atoms with Crippen LogP contribution in [0.5, 0.6) is 5.75 Å². The molecule has 1 heterocycles. The largest absolute Gasteiger partial charge is 0.508 e. The van der Waals surface area contributed by atoms with Crippen LogP contribution in [-0.4, -0.2) is 36.8 Å². The Balaban J connectivity index is 1.77. The molecule has 2 atom stereocenters. The van der Waals surface area contributed by atoms with Crippen LogP contribution in [0.4, 0.5) is 0 Å². The van der Waals surface area contributed by atoms with Crippen molar-refractivity contribution in [2.45, 2.75) is 31.7 Å². The fourth-order valence-corrected chi connectivity index (χ4v) is 3.67. The van der Waals surface area contributed by atoms with Gasteiger partial charge in [0, 0.05) is 19.7 Å². The summed E-state index contributed by atoms with van der Waals surface area (Å²) in [5.41, 5.74) is 2.77. The highest BCUT2D eigenvalue weighted by Crippen LogP contribution is 2.38. The number of aromatic hydroxyl groups is 1. The van der Waals surface area contributed by atoms with Crippen LogP contribution in [0.2, 0.25) is 0 Å². The van der Waals surface area contributed by atoms with E-state index in [1.54, 1.807) is 7.11 Å². The molecule has 104 valence electrons. The van der Waals surface area contributed by atoms with Crippen molar-refractivity contribution >= 4 is 0 Å². The molecule has 0 saturated carbocycles. The van der Waals surface area contributed by atoms with Crippen molar-refractivity contribution in [1.82, 2.24) is 4.90 Å². The van der Waals surface area contributed by atoms with E-state index in [9.17, 15) is 5.11 Å². The first kappa shape index (κ1) is 12.9. The minimum Gasteiger partial charge on any atom is -0.508 e. The summed E-state index contributed by atoms with van der Waals surface area (Å²) in [4.78, 5) is 2.61. The van der Waals surface area contributed by atoms with Gasteiger partial charge in [-0.25, -0.2) is 0 Å². The molecule has 1 N–H and O–H groups in total. The highest BCUT2D eigenvalue weighted by Gasteiger charge is 2.31. The van der Waals surface area contributed by atoms with Gasteiger partial charge in [-0.1, -0.05) is 6.07 Å². The summed E-state index contributed by atoms with van der Waals surface area (Å²) in [7, 11) is 1.79. The average Bonchev–Trinajstić information content (AvgIpc) is 2.86. The van der Waals surface area contributed by atoms with E-state index in [2.05, 4.69) is 11.0 Å². The van der Waals surface area contributed by atoms with Crippen LogP contribution in [0.1, 0.15) is 36.4 Å². The highest BCUT2D eigenvalue weighted by molar-refractivity contribution is 5.38. The molecule has 1 aliphatic heterocycles. The summed E-state index contributed by atoms with van der Waals surface area (Å²) in [5, 5.41) is 9.62. The number of nitrogens with zero attached hydrogens (tertiary/aromatic N) is 1. The van der Waals surface area contributed by atoms with E-state index in [0.29, 0.717) is 17.7 Å². The summed E-state index contributed by atoms with van der Waals surface area (Å²) >= 11 is 0. The number of fused-ring (bicyclic) bond motifs is 1. The van der Waals surface area contributed by atoms with E-state index in [4.69, 9.17) is 4.74 Å². The second-order valence-electron chi connectivity index (χ2n) is 5.90. The number of aryl methyl sites for hydroxylation is 1. The molecule has 0 amide bonds. The Morgan fingerprint density at radius 3 is 3.11 bits per heavy atom. The van der Waals surface area contributed by atoms with Crippen LogP contribution in [-0.2, 0) is 11.2 Å². The Morgan fingerprint density at radius 1 is 1.37 bits per heavy atom. The van der Waals surface area contributed by atoms with Crippen LogP contribution in [0.3, 0.4) is 0 Å². The zero-order valence-electron chi connectivity index (χ0n) is 11.6. The SMILES string of the molecule is COCC1CCN(C2CCCc3cc(O)ccc32)C1. The molecule has 1 aliphatic carbocycles. The van der Waals surface area contributed by atoms with E-state index in [0.717, 1.165) is 19.6 Å². The zero-order valence-corrected chi connectivity index (χ0v) is 11.6. The standard InChI is InChI=1S/C16H23NO2/c1-19-11-12-7-8-17(10-12)16-4-2-3-13-9-14(18)5-6-15(13)16/h5-6,9,12,16,18H,2-4,7-8,10-11H2,1H3. The molecule has 2 aliphatic rings. The van der Waals surface area contributed by atoms with Crippen molar-refractivity contribution in [3.05, 3.63) is 29.3 Å². The lowest BCUT2D eigenvalue weighted by molar-refractivity contribution is 0.144. The van der Waals surface area contributed by atoms with Crippen LogP contribution in [0.25, 0.3) is 0 Å². The normalized spacial score (nSPS) is 27.4. The minimum absolute atomic E-state index is 0.401. The van der Waals surface area contributed by atoms with Crippen molar-refractivity contribution < 1.29 is 9.84 Å². The number of benzene rings is 1. The molecule has 1 saturated heterocycles. The van der Waals surface area contributed by atoms with Crippen molar-refractivity contribution in [1.29, 1.82) is 0 Å². The molecular formula is C16H23NO2. The van der Waals surface area contributed by atoms with E-state index in [1.807, 2.05) is 12.1 Å². The smallest absolute Gasteiger partial charge is 0.115 e. The van der Waals surface area contributed by atoms with E-state index >= 15 is 0 Å². The van der Waals surface area contributed by atoms with Crippen molar-refractivity contribution in [3.63, 3.8) is 0 Å². The lowest BCUT2D eigenvalue weighted by Crippen LogP contribution is -2.30. The quantitative estimate of drug-likeness (QED) is 0.908. The molecule has 3 heteroatoms. The fourth-order valence-electron chi connectivity index (χ4n) is 3.67. The van der Waals surface area contributed by atoms with Gasteiger partial charge in [-0.2, -0.15) is 0 Å². The Morgan fingerprint density at radius 2 is 2.26 bits per heavy atom. The van der Waals surface area contributed by atoms with Crippen LogP contribution in [0, 0.1) is 5.92 Å². The molecule has 1 aromatic carbocycles. The van der Waals surface area contributed by atoms with Crippen LogP contribution in [0.15, 0.2) is 18.2 Å². The Hall–Kier alpha value is -1.06. The van der Waals surface area contributed by atoms with Gasteiger partial charge >= 0.3 is 0 Å². The lowest BCUT2D eigenvalue weighted by atomic mass is 9.86. The Kier molecular flexibility index (Phi) is 3.76. The molecule has 3 rings (SSSR count). The van der Waals surface area contributed by atoms with Gasteiger partial charge in [0.25, 0.3) is 0 Å². The van der Waals surface area contributed by atoms with Gasteiger partial charge in [-0.05, 0) is 61.4 Å². The number of hydrogen-bond donors (Lipinski definition) is 1. The van der Waals surface area contributed by atoms with Crippen molar-refractivity contribution in [3.8, 4) is 5.75 Å². The fraction of sp³-hybridized carbons (Fsp3) is 0.625. The van der Waals surface area contributed by atoms with Crippen LogP contribution < -0.4 is 0 Å². The topological polar surface area (TPSA) is 32.7 Å². The molecule has 0 radical (unpaired) electrons. The number of rotatable bonds is 3. The first-order valence-corrected chi connectivity index (χ1v) is 7.32. The number of phenols is 1. The second kappa shape index (κ2) is 5.51. The molecule has 0 bridgehead atoms.